The lowest BCUT2D eigenvalue weighted by Gasteiger charge is -2.24. The Kier molecular flexibility index (Phi) is 10.6. The van der Waals surface area contributed by atoms with Crippen LogP contribution >= 0.6 is 19.1 Å². The molecule has 1 unspecified atom stereocenters. The molecule has 2 fully saturated rings. The smallest absolute Gasteiger partial charge is 0.342 e. The third kappa shape index (κ3) is 8.04. The summed E-state index contributed by atoms with van der Waals surface area (Å²) in [5.41, 5.74) is 1.35. The molecule has 1 aliphatic carbocycles. The van der Waals surface area contributed by atoms with Crippen LogP contribution in [0, 0.1) is 5.92 Å². The normalized spacial score (nSPS) is 23.5. The van der Waals surface area contributed by atoms with E-state index in [9.17, 15) is 19.6 Å². The van der Waals surface area contributed by atoms with Crippen LogP contribution in [0.25, 0.3) is 11.0 Å². The first kappa shape index (κ1) is 33.5. The molecule has 1 saturated carbocycles. The highest BCUT2D eigenvalue weighted by Crippen LogP contribution is 2.44. The lowest BCUT2D eigenvalue weighted by Crippen LogP contribution is -2.37. The van der Waals surface area contributed by atoms with Gasteiger partial charge in [-0.2, -0.15) is 4.98 Å². The van der Waals surface area contributed by atoms with Crippen molar-refractivity contribution in [2.45, 2.75) is 69.6 Å². The molecule has 0 radical (unpaired) electrons. The lowest BCUT2D eigenvalue weighted by atomic mass is 10.0. The number of halogens is 1. The van der Waals surface area contributed by atoms with Gasteiger partial charge in [-0.1, -0.05) is 62.1 Å². The van der Waals surface area contributed by atoms with Gasteiger partial charge in [0.2, 0.25) is 5.28 Å². The molecule has 2 aromatic carbocycles. The zero-order valence-corrected chi connectivity index (χ0v) is 27.5. The molecular weight excluding hydrogens is 647 g/mol. The highest BCUT2D eigenvalue weighted by molar-refractivity contribution is 7.57. The van der Waals surface area contributed by atoms with E-state index in [1.165, 1.54) is 19.8 Å². The van der Waals surface area contributed by atoms with Crippen molar-refractivity contribution in [1.82, 2.24) is 19.6 Å². The largest absolute Gasteiger partial charge is 0.431 e. The molecule has 1 aliphatic heterocycles. The fraction of sp³-hybridized carbons (Fsp3) is 0.424. The molecule has 12 nitrogen and oxygen atoms in total. The fourth-order valence-electron chi connectivity index (χ4n) is 6.08. The Hall–Kier alpha value is -3.35. The van der Waals surface area contributed by atoms with Crippen LogP contribution in [0.5, 0.6) is 11.5 Å². The maximum Gasteiger partial charge on any atom is 0.342 e. The molecule has 3 heterocycles. The average Bonchev–Trinajstić information content (AvgIpc) is 3.79. The first-order valence-electron chi connectivity index (χ1n) is 15.7. The van der Waals surface area contributed by atoms with Gasteiger partial charge in [0.25, 0.3) is 0 Å². The fourth-order valence-corrected chi connectivity index (χ4v) is 7.95. The van der Waals surface area contributed by atoms with Crippen LogP contribution in [-0.4, -0.2) is 68.0 Å². The zero-order valence-electron chi connectivity index (χ0n) is 25.9. The maximum atomic E-state index is 14.0. The summed E-state index contributed by atoms with van der Waals surface area (Å²) >= 11 is 6.32. The number of carbonyl (C=O) groups is 1. The van der Waals surface area contributed by atoms with Gasteiger partial charge in [-0.3, -0.25) is 4.57 Å². The standard InChI is InChI=1S/C33H38ClN4O8P/c1-21(32(41)44-23-12-4-2-5-13-23)37-47(42,46-24-14-6-3-7-15-24)20-43-19-27-28(39)29(40)31(45-27)38-17-16-25-26(18-22-10-8-9-11-22)35-33(34)36-30(25)38/h2-7,12-17,21-22,27-29,31,39-40H,8-11,18-20H2,1H3,(H,37,42)/t21-,27+,28+,29+,31+,47?/m0/s1. The minimum Gasteiger partial charge on any atom is -0.431 e. The molecular formula is C33H38ClN4O8P. The first-order valence-corrected chi connectivity index (χ1v) is 17.9. The van der Waals surface area contributed by atoms with E-state index in [1.807, 2.05) is 6.07 Å². The third-order valence-electron chi connectivity index (χ3n) is 8.44. The van der Waals surface area contributed by atoms with E-state index >= 15 is 0 Å². The molecule has 0 spiro atoms. The number of hydrogen-bond acceptors (Lipinski definition) is 10. The number of benzene rings is 2. The third-order valence-corrected chi connectivity index (χ3v) is 10.4. The van der Waals surface area contributed by atoms with Gasteiger partial charge in [-0.25, -0.2) is 14.9 Å². The van der Waals surface area contributed by atoms with Crippen molar-refractivity contribution in [3.8, 4) is 11.5 Å². The minimum absolute atomic E-state index is 0.0990. The first-order chi connectivity index (χ1) is 22.7. The highest BCUT2D eigenvalue weighted by Gasteiger charge is 2.45. The zero-order chi connectivity index (χ0) is 33.0. The van der Waals surface area contributed by atoms with Gasteiger partial charge in [0, 0.05) is 11.6 Å². The number of aliphatic hydroxyl groups excluding tert-OH is 2. The number of ether oxygens (including phenoxy) is 3. The van der Waals surface area contributed by atoms with E-state index in [0.717, 1.165) is 30.3 Å². The van der Waals surface area contributed by atoms with Crippen molar-refractivity contribution in [3.63, 3.8) is 0 Å². The Balaban J connectivity index is 1.12. The Bertz CT molecular complexity index is 1710. The number of aromatic nitrogens is 3. The summed E-state index contributed by atoms with van der Waals surface area (Å²) in [6, 6.07) is 17.9. The SMILES string of the molecule is C[C@H](NP(=O)(COC[C@H]1O[C@@H](n2ccc3c(CC4CCCC4)nc(Cl)nc32)[C@H](O)[C@@H]1O)Oc1ccccc1)C(=O)Oc1ccccc1. The van der Waals surface area contributed by atoms with Crippen molar-refractivity contribution in [1.29, 1.82) is 0 Å². The summed E-state index contributed by atoms with van der Waals surface area (Å²) in [6.07, 6.45) is 2.17. The van der Waals surface area contributed by atoms with Crippen LogP contribution < -0.4 is 14.3 Å². The molecule has 0 amide bonds. The highest BCUT2D eigenvalue weighted by atomic mass is 35.5. The number of hydrogen-bond donors (Lipinski definition) is 3. The van der Waals surface area contributed by atoms with Crippen LogP contribution in [0.2, 0.25) is 5.28 Å². The van der Waals surface area contributed by atoms with Crippen molar-refractivity contribution >= 4 is 36.1 Å². The van der Waals surface area contributed by atoms with Crippen LogP contribution in [0.4, 0.5) is 0 Å². The molecule has 6 atom stereocenters. The van der Waals surface area contributed by atoms with Gasteiger partial charge in [0.1, 0.15) is 47.8 Å². The van der Waals surface area contributed by atoms with Crippen LogP contribution in [0.1, 0.15) is 44.5 Å². The summed E-state index contributed by atoms with van der Waals surface area (Å²) in [6.45, 7) is 1.27. The Labute approximate surface area is 277 Å². The van der Waals surface area contributed by atoms with E-state index in [4.69, 9.17) is 30.3 Å². The Morgan fingerprint density at radius 2 is 1.72 bits per heavy atom. The van der Waals surface area contributed by atoms with Crippen molar-refractivity contribution < 1.29 is 38.3 Å². The topological polar surface area (TPSA) is 154 Å². The van der Waals surface area contributed by atoms with Gasteiger partial charge in [-0.05, 0) is 61.2 Å². The van der Waals surface area contributed by atoms with Gasteiger partial charge in [-0.15, -0.1) is 0 Å². The van der Waals surface area contributed by atoms with Crippen LogP contribution in [0.3, 0.4) is 0 Å². The Morgan fingerprint density at radius 3 is 2.43 bits per heavy atom. The van der Waals surface area contributed by atoms with Gasteiger partial charge < -0.3 is 33.5 Å². The van der Waals surface area contributed by atoms with Crippen molar-refractivity contribution in [2.24, 2.45) is 5.92 Å². The predicted molar refractivity (Wildman–Crippen MR) is 174 cm³/mol. The number of para-hydroxylation sites is 2. The second-order valence-corrected chi connectivity index (χ2v) is 14.3. The molecule has 250 valence electrons. The second kappa shape index (κ2) is 14.8. The van der Waals surface area contributed by atoms with Crippen LogP contribution in [-0.2, 0) is 25.3 Å². The molecule has 2 aliphatic rings. The van der Waals surface area contributed by atoms with Crippen molar-refractivity contribution in [2.75, 3.05) is 13.0 Å². The molecule has 2 aromatic heterocycles. The quantitative estimate of drug-likeness (QED) is 0.0731. The van der Waals surface area contributed by atoms with Gasteiger partial charge in [0.05, 0.1) is 12.3 Å². The average molecular weight is 685 g/mol. The molecule has 1 saturated heterocycles. The number of fused-ring (bicyclic) bond motifs is 1. The van der Waals surface area contributed by atoms with Crippen molar-refractivity contribution in [3.05, 3.63) is 83.9 Å². The number of aliphatic hydroxyl groups is 2. The number of rotatable bonds is 13. The lowest BCUT2D eigenvalue weighted by molar-refractivity contribution is -0.135. The minimum atomic E-state index is -3.88. The number of nitrogens with zero attached hydrogens (tertiary/aromatic N) is 3. The molecule has 3 N–H and O–H groups in total. The number of nitrogens with one attached hydrogen (secondary N) is 1. The van der Waals surface area contributed by atoms with Crippen LogP contribution in [0.15, 0.2) is 72.9 Å². The monoisotopic (exact) mass is 684 g/mol. The predicted octanol–water partition coefficient (Wildman–Crippen LogP) is 5.27. The summed E-state index contributed by atoms with van der Waals surface area (Å²) in [7, 11) is -3.88. The maximum absolute atomic E-state index is 14.0. The summed E-state index contributed by atoms with van der Waals surface area (Å²) in [5.74, 6) is 0.521. The number of esters is 1. The molecule has 47 heavy (non-hydrogen) atoms. The molecule has 0 bridgehead atoms. The second-order valence-electron chi connectivity index (χ2n) is 12.0. The molecule has 6 rings (SSSR count). The summed E-state index contributed by atoms with van der Waals surface area (Å²) in [4.78, 5) is 21.7. The van der Waals surface area contributed by atoms with E-state index in [-0.39, 0.29) is 11.9 Å². The Morgan fingerprint density at radius 1 is 1.04 bits per heavy atom. The van der Waals surface area contributed by atoms with E-state index in [0.29, 0.717) is 23.1 Å². The molecule has 14 heteroatoms. The summed E-state index contributed by atoms with van der Waals surface area (Å²) < 4.78 is 38.7. The van der Waals surface area contributed by atoms with Gasteiger partial charge >= 0.3 is 13.5 Å². The van der Waals surface area contributed by atoms with E-state index in [1.54, 1.807) is 71.4 Å². The van der Waals surface area contributed by atoms with E-state index < -0.39 is 50.4 Å². The van der Waals surface area contributed by atoms with E-state index in [2.05, 4.69) is 15.1 Å². The molecule has 4 aromatic rings. The summed E-state index contributed by atoms with van der Waals surface area (Å²) in [5, 5.41) is 25.6. The van der Waals surface area contributed by atoms with Gasteiger partial charge in [0.15, 0.2) is 6.23 Å². The number of carbonyl (C=O) groups excluding carboxylic acids is 1.